The van der Waals surface area contributed by atoms with E-state index in [9.17, 15) is 9.59 Å². The number of hydrogen-bond donors (Lipinski definition) is 3. The molecule has 112 valence electrons. The number of hydrogen-bond acceptors (Lipinski definition) is 3. The molecule has 0 radical (unpaired) electrons. The van der Waals surface area contributed by atoms with Gasteiger partial charge in [0.1, 0.15) is 5.56 Å². The molecule has 20 heavy (non-hydrogen) atoms. The van der Waals surface area contributed by atoms with Crippen LogP contribution in [0.15, 0.2) is 17.1 Å². The van der Waals surface area contributed by atoms with Gasteiger partial charge in [-0.25, -0.2) is 0 Å². The van der Waals surface area contributed by atoms with E-state index in [-0.39, 0.29) is 29.4 Å². The Morgan fingerprint density at radius 2 is 2.15 bits per heavy atom. The van der Waals surface area contributed by atoms with Crippen LogP contribution >= 0.6 is 0 Å². The fourth-order valence-corrected chi connectivity index (χ4v) is 2.24. The number of aromatic amines is 1. The number of rotatable bonds is 7. The van der Waals surface area contributed by atoms with Crippen molar-refractivity contribution < 1.29 is 9.90 Å². The van der Waals surface area contributed by atoms with Crippen molar-refractivity contribution in [1.82, 2.24) is 10.3 Å². The van der Waals surface area contributed by atoms with Crippen molar-refractivity contribution in [1.29, 1.82) is 0 Å². The van der Waals surface area contributed by atoms with Crippen molar-refractivity contribution in [2.75, 3.05) is 13.2 Å². The molecule has 1 heterocycles. The van der Waals surface area contributed by atoms with Gasteiger partial charge < -0.3 is 15.4 Å². The lowest BCUT2D eigenvalue weighted by atomic mass is 9.94. The Morgan fingerprint density at radius 1 is 1.45 bits per heavy atom. The first-order chi connectivity index (χ1) is 9.43. The summed E-state index contributed by atoms with van der Waals surface area (Å²) in [5.41, 5.74) is 0.578. The number of aliphatic hydroxyl groups is 1. The summed E-state index contributed by atoms with van der Waals surface area (Å²) in [6.07, 6.45) is 3.03. The number of aromatic nitrogens is 1. The maximum Gasteiger partial charge on any atom is 0.256 e. The normalized spacial score (nSPS) is 12.4. The first-order valence-corrected chi connectivity index (χ1v) is 7.02. The summed E-state index contributed by atoms with van der Waals surface area (Å²) in [7, 11) is 0. The molecule has 1 amide bonds. The lowest BCUT2D eigenvalue weighted by Gasteiger charge is -2.18. The molecule has 5 heteroatoms. The maximum absolute atomic E-state index is 12.0. The summed E-state index contributed by atoms with van der Waals surface area (Å²) < 4.78 is 0. The zero-order valence-corrected chi connectivity index (χ0v) is 12.4. The maximum atomic E-state index is 12.0. The largest absolute Gasteiger partial charge is 0.396 e. The van der Waals surface area contributed by atoms with Gasteiger partial charge in [-0.05, 0) is 31.6 Å². The molecule has 1 rings (SSSR count). The number of nitrogens with one attached hydrogen (secondary N) is 2. The van der Waals surface area contributed by atoms with E-state index in [1.807, 2.05) is 0 Å². The number of H-pyrrole nitrogens is 1. The van der Waals surface area contributed by atoms with Gasteiger partial charge in [0.25, 0.3) is 5.91 Å². The number of pyridine rings is 1. The highest BCUT2D eigenvalue weighted by atomic mass is 16.3. The van der Waals surface area contributed by atoms with E-state index in [4.69, 9.17) is 5.11 Å². The number of aryl methyl sites for hydroxylation is 1. The average Bonchev–Trinajstić information content (AvgIpc) is 2.35. The van der Waals surface area contributed by atoms with Crippen molar-refractivity contribution in [3.05, 3.63) is 33.7 Å². The van der Waals surface area contributed by atoms with Gasteiger partial charge in [-0.15, -0.1) is 0 Å². The predicted molar refractivity (Wildman–Crippen MR) is 78.8 cm³/mol. The van der Waals surface area contributed by atoms with Crippen LogP contribution in [0, 0.1) is 18.8 Å². The minimum absolute atomic E-state index is 0.109. The standard InChI is InChI=1S/C15H24N2O3/c1-10(2)6-12(4-5-18)8-17-15(20)13-9-16-11(3)7-14(13)19/h7,9-10,12,18H,4-6,8H2,1-3H3,(H,16,19)(H,17,20). The minimum Gasteiger partial charge on any atom is -0.396 e. The molecule has 0 spiro atoms. The summed E-state index contributed by atoms with van der Waals surface area (Å²) in [6.45, 7) is 6.57. The molecule has 0 saturated carbocycles. The molecule has 0 fully saturated rings. The average molecular weight is 280 g/mol. The molecular weight excluding hydrogens is 256 g/mol. The Labute approximate surface area is 119 Å². The van der Waals surface area contributed by atoms with Crippen molar-refractivity contribution in [2.24, 2.45) is 11.8 Å². The van der Waals surface area contributed by atoms with E-state index >= 15 is 0 Å². The van der Waals surface area contributed by atoms with Gasteiger partial charge >= 0.3 is 0 Å². The third-order valence-electron chi connectivity index (χ3n) is 3.20. The fraction of sp³-hybridized carbons (Fsp3) is 0.600. The van der Waals surface area contributed by atoms with Crippen LogP contribution in [0.5, 0.6) is 0 Å². The highest BCUT2D eigenvalue weighted by molar-refractivity contribution is 5.93. The summed E-state index contributed by atoms with van der Waals surface area (Å²) in [6, 6.07) is 1.41. The molecule has 0 aromatic carbocycles. The van der Waals surface area contributed by atoms with Crippen LogP contribution in [0.3, 0.4) is 0 Å². The van der Waals surface area contributed by atoms with E-state index < -0.39 is 0 Å². The molecule has 0 saturated heterocycles. The smallest absolute Gasteiger partial charge is 0.256 e. The topological polar surface area (TPSA) is 82.2 Å². The van der Waals surface area contributed by atoms with Gasteiger partial charge in [0.05, 0.1) is 0 Å². The highest BCUT2D eigenvalue weighted by Gasteiger charge is 2.14. The van der Waals surface area contributed by atoms with Crippen LogP contribution in [0.2, 0.25) is 0 Å². The van der Waals surface area contributed by atoms with Crippen LogP contribution in [0.1, 0.15) is 42.7 Å². The van der Waals surface area contributed by atoms with E-state index in [0.717, 1.165) is 12.1 Å². The van der Waals surface area contributed by atoms with E-state index in [1.165, 1.54) is 12.3 Å². The van der Waals surface area contributed by atoms with E-state index in [1.54, 1.807) is 6.92 Å². The summed E-state index contributed by atoms with van der Waals surface area (Å²) in [5.74, 6) is 0.373. The van der Waals surface area contributed by atoms with E-state index in [2.05, 4.69) is 24.1 Å². The van der Waals surface area contributed by atoms with Crippen molar-refractivity contribution >= 4 is 5.91 Å². The van der Waals surface area contributed by atoms with Gasteiger partial charge in [0.15, 0.2) is 5.43 Å². The lowest BCUT2D eigenvalue weighted by Crippen LogP contribution is -2.33. The molecule has 0 aliphatic heterocycles. The van der Waals surface area contributed by atoms with Gasteiger partial charge in [-0.3, -0.25) is 9.59 Å². The Hall–Kier alpha value is -1.62. The quantitative estimate of drug-likeness (QED) is 0.707. The number of amides is 1. The Bertz CT molecular complexity index is 494. The molecular formula is C15H24N2O3. The zero-order valence-electron chi connectivity index (χ0n) is 12.4. The van der Waals surface area contributed by atoms with Crippen molar-refractivity contribution in [3.8, 4) is 0 Å². The molecule has 1 unspecified atom stereocenters. The summed E-state index contributed by atoms with van der Waals surface area (Å²) in [5, 5.41) is 11.8. The molecule has 0 bridgehead atoms. The molecule has 3 N–H and O–H groups in total. The monoisotopic (exact) mass is 280 g/mol. The molecule has 0 aliphatic rings. The number of carbonyl (C=O) groups excluding carboxylic acids is 1. The second kappa shape index (κ2) is 7.85. The SMILES string of the molecule is Cc1cc(=O)c(C(=O)NCC(CCO)CC(C)C)c[nH]1. The molecule has 1 aromatic heterocycles. The zero-order chi connectivity index (χ0) is 15.1. The van der Waals surface area contributed by atoms with Crippen LogP contribution in [-0.2, 0) is 0 Å². The summed E-state index contributed by atoms with van der Waals surface area (Å²) >= 11 is 0. The van der Waals surface area contributed by atoms with Crippen LogP contribution < -0.4 is 10.7 Å². The first-order valence-electron chi connectivity index (χ1n) is 7.02. The molecule has 5 nitrogen and oxygen atoms in total. The van der Waals surface area contributed by atoms with Gasteiger partial charge in [0, 0.05) is 31.1 Å². The highest BCUT2D eigenvalue weighted by Crippen LogP contribution is 2.14. The number of aliphatic hydroxyl groups excluding tert-OH is 1. The van der Waals surface area contributed by atoms with Crippen molar-refractivity contribution in [3.63, 3.8) is 0 Å². The Kier molecular flexibility index (Phi) is 6.45. The molecule has 1 atom stereocenters. The number of carbonyl (C=O) groups is 1. The summed E-state index contributed by atoms with van der Waals surface area (Å²) in [4.78, 5) is 26.6. The molecule has 0 aliphatic carbocycles. The van der Waals surface area contributed by atoms with Crippen LogP contribution in [0.4, 0.5) is 0 Å². The minimum atomic E-state index is -0.363. The second-order valence-electron chi connectivity index (χ2n) is 5.61. The third kappa shape index (κ3) is 5.17. The third-order valence-corrected chi connectivity index (χ3v) is 3.20. The van der Waals surface area contributed by atoms with E-state index in [0.29, 0.717) is 18.9 Å². The fourth-order valence-electron chi connectivity index (χ4n) is 2.24. The van der Waals surface area contributed by atoms with Gasteiger partial charge in [-0.1, -0.05) is 13.8 Å². The first kappa shape index (κ1) is 16.4. The lowest BCUT2D eigenvalue weighted by molar-refractivity contribution is 0.0940. The van der Waals surface area contributed by atoms with Gasteiger partial charge in [-0.2, -0.15) is 0 Å². The predicted octanol–water partition coefficient (Wildman–Crippen LogP) is 1.46. The van der Waals surface area contributed by atoms with Crippen LogP contribution in [0.25, 0.3) is 0 Å². The van der Waals surface area contributed by atoms with Crippen LogP contribution in [-0.4, -0.2) is 29.1 Å². The van der Waals surface area contributed by atoms with Crippen molar-refractivity contribution in [2.45, 2.75) is 33.6 Å². The second-order valence-corrected chi connectivity index (χ2v) is 5.61. The Balaban J connectivity index is 2.62. The Morgan fingerprint density at radius 3 is 2.70 bits per heavy atom. The van der Waals surface area contributed by atoms with Gasteiger partial charge in [0.2, 0.25) is 0 Å². The molecule has 1 aromatic rings.